The predicted octanol–water partition coefficient (Wildman–Crippen LogP) is 3.63. The van der Waals surface area contributed by atoms with Crippen LogP contribution < -0.4 is 0 Å². The van der Waals surface area contributed by atoms with E-state index in [1.807, 2.05) is 19.1 Å². The minimum atomic E-state index is 0.455. The van der Waals surface area contributed by atoms with Gasteiger partial charge in [-0.1, -0.05) is 32.1 Å². The van der Waals surface area contributed by atoms with Crippen LogP contribution in [0.3, 0.4) is 0 Å². The molecule has 0 aliphatic heterocycles. The number of hydrogen-bond acceptors (Lipinski definition) is 1. The molecule has 1 aromatic rings. The maximum atomic E-state index is 9.91. The lowest BCUT2D eigenvalue weighted by Gasteiger charge is -2.11. The molecule has 15 heavy (non-hydrogen) atoms. The van der Waals surface area contributed by atoms with Crippen LogP contribution in [-0.2, 0) is 12.8 Å². The molecule has 0 radical (unpaired) electrons. The molecule has 82 valence electrons. The van der Waals surface area contributed by atoms with Gasteiger partial charge in [0.05, 0.1) is 0 Å². The highest BCUT2D eigenvalue weighted by Gasteiger charge is 2.08. The summed E-state index contributed by atoms with van der Waals surface area (Å²) in [7, 11) is 0. The minimum absolute atomic E-state index is 0.455. The molecule has 1 nitrogen and oxygen atoms in total. The summed E-state index contributed by atoms with van der Waals surface area (Å²) in [6.07, 6.45) is 3.69. The maximum Gasteiger partial charge on any atom is 0.121 e. The number of benzene rings is 1. The van der Waals surface area contributed by atoms with E-state index in [4.69, 9.17) is 0 Å². The number of phenolic OH excluding ortho intramolecular Hbond substituents is 1. The Morgan fingerprint density at radius 1 is 1.40 bits per heavy atom. The van der Waals surface area contributed by atoms with E-state index in [-0.39, 0.29) is 0 Å². The lowest BCUT2D eigenvalue weighted by atomic mass is 9.96. The van der Waals surface area contributed by atoms with Crippen LogP contribution in [0.2, 0.25) is 0 Å². The quantitative estimate of drug-likeness (QED) is 0.742. The monoisotopic (exact) mass is 204 g/mol. The van der Waals surface area contributed by atoms with Gasteiger partial charge in [-0.2, -0.15) is 0 Å². The molecule has 0 saturated carbocycles. The second-order valence-corrected chi connectivity index (χ2v) is 4.51. The van der Waals surface area contributed by atoms with E-state index in [1.54, 1.807) is 0 Å². The van der Waals surface area contributed by atoms with Gasteiger partial charge in [0.2, 0.25) is 0 Å². The van der Waals surface area contributed by atoms with Gasteiger partial charge >= 0.3 is 0 Å². The fourth-order valence-electron chi connectivity index (χ4n) is 1.81. The van der Waals surface area contributed by atoms with Crippen molar-refractivity contribution in [2.24, 2.45) is 5.92 Å². The summed E-state index contributed by atoms with van der Waals surface area (Å²) >= 11 is 0. The van der Waals surface area contributed by atoms with Crippen LogP contribution in [-0.4, -0.2) is 5.11 Å². The normalized spacial score (nSPS) is 10.7. The number of aryl methyl sites for hydroxylation is 1. The van der Waals surface area contributed by atoms with E-state index in [1.165, 1.54) is 5.56 Å². The molecule has 0 aromatic heterocycles. The van der Waals surface area contributed by atoms with Crippen LogP contribution in [0.1, 0.15) is 30.5 Å². The number of rotatable bonds is 4. The smallest absolute Gasteiger partial charge is 0.121 e. The number of aromatic hydroxyl groups is 1. The summed E-state index contributed by atoms with van der Waals surface area (Å²) in [5.41, 5.74) is 3.25. The van der Waals surface area contributed by atoms with Crippen LogP contribution in [0.5, 0.6) is 5.75 Å². The van der Waals surface area contributed by atoms with Gasteiger partial charge in [-0.15, -0.1) is 6.58 Å². The Morgan fingerprint density at radius 2 is 2.07 bits per heavy atom. The molecule has 1 N–H and O–H groups in total. The highest BCUT2D eigenvalue weighted by atomic mass is 16.3. The fraction of sp³-hybridized carbons (Fsp3) is 0.429. The number of phenols is 1. The lowest BCUT2D eigenvalue weighted by Crippen LogP contribution is -1.97. The summed E-state index contributed by atoms with van der Waals surface area (Å²) in [6, 6.07) is 4.12. The molecule has 0 bridgehead atoms. The van der Waals surface area contributed by atoms with Crippen molar-refractivity contribution in [3.05, 3.63) is 41.5 Å². The van der Waals surface area contributed by atoms with Gasteiger partial charge in [-0.25, -0.2) is 0 Å². The van der Waals surface area contributed by atoms with Crippen molar-refractivity contribution < 1.29 is 5.11 Å². The summed E-state index contributed by atoms with van der Waals surface area (Å²) in [6.45, 7) is 10.0. The predicted molar refractivity (Wildman–Crippen MR) is 65.3 cm³/mol. The Bertz CT molecular complexity index is 351. The molecule has 0 atom stereocenters. The van der Waals surface area contributed by atoms with Crippen LogP contribution in [0.15, 0.2) is 24.8 Å². The zero-order valence-corrected chi connectivity index (χ0v) is 9.88. The van der Waals surface area contributed by atoms with Gasteiger partial charge in [0.1, 0.15) is 5.75 Å². The summed E-state index contributed by atoms with van der Waals surface area (Å²) < 4.78 is 0. The van der Waals surface area contributed by atoms with E-state index >= 15 is 0 Å². The van der Waals surface area contributed by atoms with Crippen molar-refractivity contribution in [2.45, 2.75) is 33.6 Å². The van der Waals surface area contributed by atoms with Crippen molar-refractivity contribution in [3.63, 3.8) is 0 Å². The van der Waals surface area contributed by atoms with E-state index in [9.17, 15) is 5.11 Å². The summed E-state index contributed by atoms with van der Waals surface area (Å²) in [4.78, 5) is 0. The molecule has 0 aliphatic rings. The van der Waals surface area contributed by atoms with Gasteiger partial charge in [-0.3, -0.25) is 0 Å². The van der Waals surface area contributed by atoms with E-state index in [0.717, 1.165) is 24.0 Å². The molecule has 0 aliphatic carbocycles. The number of allylic oxidation sites excluding steroid dienone is 1. The van der Waals surface area contributed by atoms with Crippen LogP contribution in [0.4, 0.5) is 0 Å². The average Bonchev–Trinajstić information content (AvgIpc) is 2.13. The molecule has 1 aromatic carbocycles. The Balaban J connectivity index is 3.06. The molecule has 1 rings (SSSR count). The van der Waals surface area contributed by atoms with Gasteiger partial charge < -0.3 is 5.11 Å². The molecule has 1 heteroatoms. The summed E-state index contributed by atoms with van der Waals surface area (Å²) in [5, 5.41) is 9.91. The Labute approximate surface area is 92.5 Å². The molecule has 0 saturated heterocycles. The lowest BCUT2D eigenvalue weighted by molar-refractivity contribution is 0.458. The highest BCUT2D eigenvalue weighted by molar-refractivity contribution is 5.43. The Morgan fingerprint density at radius 3 is 2.60 bits per heavy atom. The first kappa shape index (κ1) is 11.8. The molecule has 0 fully saturated rings. The van der Waals surface area contributed by atoms with Crippen molar-refractivity contribution in [1.82, 2.24) is 0 Å². The van der Waals surface area contributed by atoms with Crippen LogP contribution in [0.25, 0.3) is 0 Å². The van der Waals surface area contributed by atoms with E-state index in [0.29, 0.717) is 11.7 Å². The van der Waals surface area contributed by atoms with E-state index in [2.05, 4.69) is 26.5 Å². The SMILES string of the molecule is C=CCc1cc(C)c(O)c(CC(C)C)c1. The van der Waals surface area contributed by atoms with Gasteiger partial charge in [0, 0.05) is 0 Å². The Hall–Kier alpha value is -1.24. The number of hydrogen-bond donors (Lipinski definition) is 1. The van der Waals surface area contributed by atoms with E-state index < -0.39 is 0 Å². The van der Waals surface area contributed by atoms with Gasteiger partial charge in [0.25, 0.3) is 0 Å². The first-order chi connectivity index (χ1) is 7.04. The van der Waals surface area contributed by atoms with Crippen molar-refractivity contribution in [2.75, 3.05) is 0 Å². The minimum Gasteiger partial charge on any atom is -0.507 e. The molecular weight excluding hydrogens is 184 g/mol. The zero-order valence-electron chi connectivity index (χ0n) is 9.88. The van der Waals surface area contributed by atoms with Gasteiger partial charge in [-0.05, 0) is 42.4 Å². The first-order valence-corrected chi connectivity index (χ1v) is 5.46. The largest absolute Gasteiger partial charge is 0.507 e. The Kier molecular flexibility index (Phi) is 3.96. The van der Waals surface area contributed by atoms with Crippen molar-refractivity contribution in [3.8, 4) is 5.75 Å². The van der Waals surface area contributed by atoms with Crippen LogP contribution in [0, 0.1) is 12.8 Å². The first-order valence-electron chi connectivity index (χ1n) is 5.46. The second-order valence-electron chi connectivity index (χ2n) is 4.51. The van der Waals surface area contributed by atoms with Crippen molar-refractivity contribution >= 4 is 0 Å². The molecule has 0 spiro atoms. The zero-order chi connectivity index (χ0) is 11.4. The standard InChI is InChI=1S/C14H20O/c1-5-6-12-8-11(4)14(15)13(9-12)7-10(2)3/h5,8-10,15H,1,6-7H2,2-4H3. The van der Waals surface area contributed by atoms with Crippen LogP contribution >= 0.6 is 0 Å². The third-order valence-corrected chi connectivity index (χ3v) is 2.45. The molecule has 0 unspecified atom stereocenters. The average molecular weight is 204 g/mol. The summed E-state index contributed by atoms with van der Waals surface area (Å²) in [5.74, 6) is 1.02. The van der Waals surface area contributed by atoms with Crippen molar-refractivity contribution in [1.29, 1.82) is 0 Å². The fourth-order valence-corrected chi connectivity index (χ4v) is 1.81. The van der Waals surface area contributed by atoms with Gasteiger partial charge in [0.15, 0.2) is 0 Å². The third-order valence-electron chi connectivity index (χ3n) is 2.45. The maximum absolute atomic E-state index is 9.91. The highest BCUT2D eigenvalue weighted by Crippen LogP contribution is 2.26. The molecule has 0 heterocycles. The molecular formula is C14H20O. The third kappa shape index (κ3) is 3.12. The second kappa shape index (κ2) is 5.01. The topological polar surface area (TPSA) is 20.2 Å². The molecule has 0 amide bonds.